The highest BCUT2D eigenvalue weighted by molar-refractivity contribution is 7.99. The van der Waals surface area contributed by atoms with E-state index in [0.29, 0.717) is 18.8 Å². The second-order valence-corrected chi connectivity index (χ2v) is 6.72. The van der Waals surface area contributed by atoms with Gasteiger partial charge < -0.3 is 9.64 Å². The molecule has 0 spiro atoms. The number of hydrogen-bond donors (Lipinski definition) is 0. The summed E-state index contributed by atoms with van der Waals surface area (Å²) in [4.78, 5) is 22.9. The molecule has 24 heavy (non-hydrogen) atoms. The van der Waals surface area contributed by atoms with E-state index < -0.39 is 0 Å². The lowest BCUT2D eigenvalue weighted by Crippen LogP contribution is -2.38. The van der Waals surface area contributed by atoms with Gasteiger partial charge in [-0.3, -0.25) is 9.78 Å². The van der Waals surface area contributed by atoms with E-state index >= 15 is 0 Å². The second-order valence-electron chi connectivity index (χ2n) is 5.72. The largest absolute Gasteiger partial charge is 0.376 e. The molecular weight excluding hydrogens is 322 g/mol. The van der Waals surface area contributed by atoms with Crippen LogP contribution in [0.1, 0.15) is 18.4 Å². The minimum absolute atomic E-state index is 0.109. The van der Waals surface area contributed by atoms with Crippen molar-refractivity contribution in [2.75, 3.05) is 18.9 Å². The average Bonchev–Trinajstić information content (AvgIpc) is 3.14. The van der Waals surface area contributed by atoms with E-state index in [1.54, 1.807) is 18.6 Å². The number of thioether (sulfide) groups is 1. The summed E-state index contributed by atoms with van der Waals surface area (Å²) in [5.41, 5.74) is 1.08. The van der Waals surface area contributed by atoms with Crippen molar-refractivity contribution in [2.45, 2.75) is 30.5 Å². The summed E-state index contributed by atoms with van der Waals surface area (Å²) in [5.74, 6) is 0.493. The van der Waals surface area contributed by atoms with E-state index in [9.17, 15) is 4.79 Å². The predicted molar refractivity (Wildman–Crippen MR) is 93.6 cm³/mol. The Hall–Kier alpha value is -1.92. The maximum absolute atomic E-state index is 12.7. The minimum Gasteiger partial charge on any atom is -0.376 e. The first kappa shape index (κ1) is 16.9. The van der Waals surface area contributed by atoms with Crippen LogP contribution in [0.5, 0.6) is 0 Å². The van der Waals surface area contributed by atoms with Crippen molar-refractivity contribution in [3.05, 3.63) is 54.5 Å². The molecule has 1 unspecified atom stereocenters. The van der Waals surface area contributed by atoms with Gasteiger partial charge in [-0.1, -0.05) is 17.8 Å². The highest BCUT2D eigenvalue weighted by atomic mass is 32.2. The number of nitrogens with zero attached hydrogens (tertiary/aromatic N) is 3. The molecule has 1 aliphatic heterocycles. The maximum Gasteiger partial charge on any atom is 0.233 e. The Kier molecular flexibility index (Phi) is 6.20. The van der Waals surface area contributed by atoms with Gasteiger partial charge in [-0.15, -0.1) is 0 Å². The number of rotatable bonds is 7. The van der Waals surface area contributed by atoms with Crippen LogP contribution in [0.25, 0.3) is 0 Å². The Morgan fingerprint density at radius 1 is 1.25 bits per heavy atom. The third-order valence-corrected chi connectivity index (χ3v) is 4.83. The molecule has 5 nitrogen and oxygen atoms in total. The van der Waals surface area contributed by atoms with Gasteiger partial charge in [0.2, 0.25) is 5.91 Å². The molecule has 3 heterocycles. The first-order chi connectivity index (χ1) is 11.8. The predicted octanol–water partition coefficient (Wildman–Crippen LogP) is 2.78. The molecule has 126 valence electrons. The summed E-state index contributed by atoms with van der Waals surface area (Å²) in [6.07, 6.45) is 7.50. The van der Waals surface area contributed by atoms with E-state index in [4.69, 9.17) is 4.74 Å². The van der Waals surface area contributed by atoms with Gasteiger partial charge in [0.1, 0.15) is 0 Å². The highest BCUT2D eigenvalue weighted by Gasteiger charge is 2.23. The van der Waals surface area contributed by atoms with Crippen molar-refractivity contribution in [1.29, 1.82) is 0 Å². The molecule has 1 atom stereocenters. The van der Waals surface area contributed by atoms with Crippen LogP contribution in [-0.2, 0) is 16.1 Å². The fraction of sp³-hybridized carbons (Fsp3) is 0.389. The molecule has 0 saturated carbocycles. The topological polar surface area (TPSA) is 55.3 Å². The maximum atomic E-state index is 12.7. The molecule has 0 aliphatic carbocycles. The number of carbonyl (C=O) groups excluding carboxylic acids is 1. The lowest BCUT2D eigenvalue weighted by Gasteiger charge is -2.25. The molecule has 0 bridgehead atoms. The van der Waals surface area contributed by atoms with Crippen LogP contribution in [0, 0.1) is 0 Å². The average molecular weight is 343 g/mol. The molecule has 1 amide bonds. The van der Waals surface area contributed by atoms with Gasteiger partial charge in [0, 0.05) is 38.3 Å². The van der Waals surface area contributed by atoms with Crippen LogP contribution in [0.2, 0.25) is 0 Å². The highest BCUT2D eigenvalue weighted by Crippen LogP contribution is 2.18. The first-order valence-corrected chi connectivity index (χ1v) is 9.12. The fourth-order valence-electron chi connectivity index (χ4n) is 2.66. The Morgan fingerprint density at radius 3 is 2.83 bits per heavy atom. The van der Waals surface area contributed by atoms with Gasteiger partial charge in [0.25, 0.3) is 0 Å². The number of ether oxygens (including phenoxy) is 1. The molecule has 0 radical (unpaired) electrons. The summed E-state index contributed by atoms with van der Waals surface area (Å²) in [5, 5.41) is 0.867. The Labute approximate surface area is 146 Å². The zero-order valence-electron chi connectivity index (χ0n) is 13.5. The van der Waals surface area contributed by atoms with Crippen molar-refractivity contribution in [1.82, 2.24) is 14.9 Å². The first-order valence-electron chi connectivity index (χ1n) is 8.13. The molecule has 0 aromatic carbocycles. The van der Waals surface area contributed by atoms with Crippen molar-refractivity contribution in [2.24, 2.45) is 0 Å². The number of aromatic nitrogens is 2. The van der Waals surface area contributed by atoms with Crippen molar-refractivity contribution < 1.29 is 9.53 Å². The zero-order chi connectivity index (χ0) is 16.6. The molecule has 2 aromatic rings. The second kappa shape index (κ2) is 8.80. The fourth-order valence-corrected chi connectivity index (χ4v) is 3.42. The quantitative estimate of drug-likeness (QED) is 0.724. The number of pyridine rings is 2. The van der Waals surface area contributed by atoms with Gasteiger partial charge in [-0.05, 0) is 42.7 Å². The van der Waals surface area contributed by atoms with Gasteiger partial charge in [0.05, 0.1) is 16.9 Å². The molecule has 1 fully saturated rings. The van der Waals surface area contributed by atoms with Crippen LogP contribution in [0.4, 0.5) is 0 Å². The molecular formula is C18H21N3O2S. The van der Waals surface area contributed by atoms with Gasteiger partial charge >= 0.3 is 0 Å². The van der Waals surface area contributed by atoms with E-state index in [-0.39, 0.29) is 12.0 Å². The molecule has 6 heteroatoms. The molecule has 0 N–H and O–H groups in total. The third kappa shape index (κ3) is 5.04. The van der Waals surface area contributed by atoms with Gasteiger partial charge in [-0.25, -0.2) is 4.98 Å². The standard InChI is InChI=1S/C18H21N3O2S/c22-18(14-24-17-5-1-2-8-20-17)21(13-16-4-3-11-23-16)12-15-6-9-19-10-7-15/h1-2,5-10,16H,3-4,11-14H2. The minimum atomic E-state index is 0.109. The van der Waals surface area contributed by atoms with Crippen molar-refractivity contribution in [3.63, 3.8) is 0 Å². The van der Waals surface area contributed by atoms with Crippen molar-refractivity contribution in [3.8, 4) is 0 Å². The van der Waals surface area contributed by atoms with Crippen LogP contribution in [0.15, 0.2) is 53.9 Å². The molecule has 2 aromatic heterocycles. The van der Waals surface area contributed by atoms with Crippen LogP contribution >= 0.6 is 11.8 Å². The van der Waals surface area contributed by atoms with Gasteiger partial charge in [0.15, 0.2) is 0 Å². The van der Waals surface area contributed by atoms with E-state index in [1.165, 1.54) is 11.8 Å². The Balaban J connectivity index is 1.62. The van der Waals surface area contributed by atoms with E-state index in [1.807, 2.05) is 35.2 Å². The number of carbonyl (C=O) groups is 1. The van der Waals surface area contributed by atoms with Crippen LogP contribution in [-0.4, -0.2) is 45.8 Å². The van der Waals surface area contributed by atoms with Crippen molar-refractivity contribution >= 4 is 17.7 Å². The zero-order valence-corrected chi connectivity index (χ0v) is 14.3. The number of hydrogen-bond acceptors (Lipinski definition) is 5. The molecule has 1 aliphatic rings. The SMILES string of the molecule is O=C(CSc1ccccn1)N(Cc1ccncc1)CC1CCCO1. The third-order valence-electron chi connectivity index (χ3n) is 3.90. The van der Waals surface area contributed by atoms with Crippen LogP contribution < -0.4 is 0 Å². The number of amides is 1. The lowest BCUT2D eigenvalue weighted by molar-refractivity contribution is -0.130. The molecule has 3 rings (SSSR count). The summed E-state index contributed by atoms with van der Waals surface area (Å²) in [6.45, 7) is 2.03. The Morgan fingerprint density at radius 2 is 2.12 bits per heavy atom. The monoisotopic (exact) mass is 343 g/mol. The lowest BCUT2D eigenvalue weighted by atomic mass is 10.2. The normalized spacial score (nSPS) is 16.9. The van der Waals surface area contributed by atoms with E-state index in [2.05, 4.69) is 9.97 Å². The summed E-state index contributed by atoms with van der Waals surface area (Å²) < 4.78 is 5.71. The smallest absolute Gasteiger partial charge is 0.233 e. The summed E-state index contributed by atoms with van der Waals surface area (Å²) >= 11 is 1.47. The Bertz CT molecular complexity index is 633. The van der Waals surface area contributed by atoms with E-state index in [0.717, 1.165) is 30.0 Å². The summed E-state index contributed by atoms with van der Waals surface area (Å²) in [7, 11) is 0. The summed E-state index contributed by atoms with van der Waals surface area (Å²) in [6, 6.07) is 9.62. The molecule has 1 saturated heterocycles. The van der Waals surface area contributed by atoms with Gasteiger partial charge in [-0.2, -0.15) is 0 Å². The van der Waals surface area contributed by atoms with Crippen LogP contribution in [0.3, 0.4) is 0 Å².